The fourth-order valence-electron chi connectivity index (χ4n) is 5.66. The van der Waals surface area contributed by atoms with Gasteiger partial charge in [-0.1, -0.05) is 35.9 Å². The van der Waals surface area contributed by atoms with Crippen molar-refractivity contribution in [3.63, 3.8) is 0 Å². The molecule has 5 aromatic rings. The fraction of sp³-hybridized carbons (Fsp3) is 0.300. The normalized spacial score (nSPS) is 15.1. The van der Waals surface area contributed by atoms with E-state index in [1.165, 1.54) is 11.1 Å². The molecular formula is C30H29ClN4O2S. The number of nitrogens with zero attached hydrogens (tertiary/aromatic N) is 4. The molecule has 0 spiro atoms. The second-order valence-electron chi connectivity index (χ2n) is 10.3. The highest BCUT2D eigenvalue weighted by Gasteiger charge is 2.24. The smallest absolute Gasteiger partial charge is 0.307 e. The number of rotatable bonds is 5. The third-order valence-electron chi connectivity index (χ3n) is 7.70. The lowest BCUT2D eigenvalue weighted by Gasteiger charge is -2.28. The van der Waals surface area contributed by atoms with Crippen LogP contribution in [-0.4, -0.2) is 50.9 Å². The first-order valence-electron chi connectivity index (χ1n) is 12.8. The fourth-order valence-corrected chi connectivity index (χ4v) is 6.92. The van der Waals surface area contributed by atoms with Crippen LogP contribution in [0.15, 0.2) is 48.5 Å². The standard InChI is InChI=1S/C30H29ClN4O2S/c1-17-14-24-29(27(23(17)16-26(36)37)18-4-7-21(31)8-5-18)38-30(32-24)20-6-9-22-25(15-20)35(3)33-28(22)19-10-12-34(2)13-11-19/h4-9,14-15,19H,10-13,16H2,1-3H3,(H,36,37). The minimum atomic E-state index is -0.852. The number of halogens is 1. The van der Waals surface area contributed by atoms with Crippen molar-refractivity contribution in [2.75, 3.05) is 20.1 Å². The molecule has 1 aliphatic rings. The number of carboxylic acid groups (broad SMARTS) is 1. The van der Waals surface area contributed by atoms with E-state index in [0.717, 1.165) is 74.5 Å². The summed E-state index contributed by atoms with van der Waals surface area (Å²) in [6.45, 7) is 4.17. The van der Waals surface area contributed by atoms with E-state index in [-0.39, 0.29) is 6.42 Å². The van der Waals surface area contributed by atoms with Crippen molar-refractivity contribution in [2.45, 2.75) is 32.1 Å². The highest BCUT2D eigenvalue weighted by molar-refractivity contribution is 7.22. The third-order valence-corrected chi connectivity index (χ3v) is 9.09. The Morgan fingerprint density at radius 1 is 1.08 bits per heavy atom. The van der Waals surface area contributed by atoms with Crippen LogP contribution in [0.5, 0.6) is 0 Å². The number of fused-ring (bicyclic) bond motifs is 2. The van der Waals surface area contributed by atoms with Crippen LogP contribution >= 0.6 is 22.9 Å². The Labute approximate surface area is 230 Å². The molecule has 0 unspecified atom stereocenters. The molecule has 3 heterocycles. The molecule has 0 amide bonds. The molecule has 0 radical (unpaired) electrons. The van der Waals surface area contributed by atoms with Gasteiger partial charge in [0.1, 0.15) is 5.01 Å². The lowest BCUT2D eigenvalue weighted by atomic mass is 9.91. The molecule has 1 saturated heterocycles. The lowest BCUT2D eigenvalue weighted by Crippen LogP contribution is -2.29. The van der Waals surface area contributed by atoms with Crippen LogP contribution < -0.4 is 0 Å². The van der Waals surface area contributed by atoms with Crippen molar-refractivity contribution in [2.24, 2.45) is 7.05 Å². The van der Waals surface area contributed by atoms with Crippen molar-refractivity contribution in [1.29, 1.82) is 0 Å². The number of likely N-dealkylation sites (tertiary alicyclic amines) is 1. The number of piperidine rings is 1. The molecule has 1 aliphatic heterocycles. The molecule has 1 fully saturated rings. The number of hydrogen-bond donors (Lipinski definition) is 1. The number of carboxylic acids is 1. The van der Waals surface area contributed by atoms with Gasteiger partial charge in [-0.2, -0.15) is 5.10 Å². The van der Waals surface area contributed by atoms with Gasteiger partial charge in [-0.15, -0.1) is 11.3 Å². The summed E-state index contributed by atoms with van der Waals surface area (Å²) in [5.41, 5.74) is 7.82. The van der Waals surface area contributed by atoms with Gasteiger partial charge in [-0.25, -0.2) is 4.98 Å². The van der Waals surface area contributed by atoms with Gasteiger partial charge in [-0.3, -0.25) is 9.48 Å². The second kappa shape index (κ2) is 9.80. The first-order valence-corrected chi connectivity index (χ1v) is 14.0. The zero-order chi connectivity index (χ0) is 26.6. The Bertz CT molecular complexity index is 1680. The minimum Gasteiger partial charge on any atom is -0.481 e. The zero-order valence-corrected chi connectivity index (χ0v) is 23.2. The Morgan fingerprint density at radius 2 is 1.79 bits per heavy atom. The molecule has 0 saturated carbocycles. The van der Waals surface area contributed by atoms with E-state index in [0.29, 0.717) is 10.9 Å². The van der Waals surface area contributed by atoms with E-state index in [1.54, 1.807) is 11.3 Å². The van der Waals surface area contributed by atoms with Crippen LogP contribution in [-0.2, 0) is 18.3 Å². The first-order chi connectivity index (χ1) is 18.3. The predicted octanol–water partition coefficient (Wildman–Crippen LogP) is 6.92. The van der Waals surface area contributed by atoms with Gasteiger partial charge < -0.3 is 10.0 Å². The molecule has 194 valence electrons. The summed E-state index contributed by atoms with van der Waals surface area (Å²) >= 11 is 7.77. The monoisotopic (exact) mass is 544 g/mol. The number of thiazole rings is 1. The number of carbonyl (C=O) groups is 1. The molecule has 0 atom stereocenters. The van der Waals surface area contributed by atoms with Crippen LogP contribution in [0, 0.1) is 6.92 Å². The van der Waals surface area contributed by atoms with Gasteiger partial charge in [-0.05, 0) is 80.9 Å². The molecule has 0 aliphatic carbocycles. The lowest BCUT2D eigenvalue weighted by molar-refractivity contribution is -0.136. The maximum absolute atomic E-state index is 11.8. The zero-order valence-electron chi connectivity index (χ0n) is 21.7. The third kappa shape index (κ3) is 4.49. The van der Waals surface area contributed by atoms with Crippen molar-refractivity contribution < 1.29 is 9.90 Å². The Hall–Kier alpha value is -3.26. The molecule has 6 nitrogen and oxygen atoms in total. The van der Waals surface area contributed by atoms with Crippen molar-refractivity contribution in [3.8, 4) is 21.7 Å². The number of aromatic nitrogens is 3. The predicted molar refractivity (Wildman–Crippen MR) is 155 cm³/mol. The van der Waals surface area contributed by atoms with E-state index in [1.807, 2.05) is 49.0 Å². The van der Waals surface area contributed by atoms with E-state index < -0.39 is 5.97 Å². The minimum absolute atomic E-state index is 0.0479. The van der Waals surface area contributed by atoms with Crippen LogP contribution in [0.3, 0.4) is 0 Å². The highest BCUT2D eigenvalue weighted by Crippen LogP contribution is 2.42. The molecule has 2 aromatic heterocycles. The van der Waals surface area contributed by atoms with Crippen LogP contribution in [0.1, 0.15) is 35.6 Å². The molecule has 6 rings (SSSR count). The van der Waals surface area contributed by atoms with E-state index in [2.05, 4.69) is 30.1 Å². The summed E-state index contributed by atoms with van der Waals surface area (Å²) in [7, 11) is 4.20. The topological polar surface area (TPSA) is 71.2 Å². The Balaban J connectivity index is 1.47. The van der Waals surface area contributed by atoms with Gasteiger partial charge in [0.2, 0.25) is 0 Å². The van der Waals surface area contributed by atoms with Gasteiger partial charge in [0, 0.05) is 34.5 Å². The highest BCUT2D eigenvalue weighted by atomic mass is 35.5. The van der Waals surface area contributed by atoms with E-state index in [4.69, 9.17) is 21.7 Å². The van der Waals surface area contributed by atoms with E-state index in [9.17, 15) is 9.90 Å². The summed E-state index contributed by atoms with van der Waals surface area (Å²) in [5.74, 6) is -0.366. The maximum atomic E-state index is 11.8. The molecule has 1 N–H and O–H groups in total. The van der Waals surface area contributed by atoms with Gasteiger partial charge in [0.15, 0.2) is 0 Å². The number of hydrogen-bond acceptors (Lipinski definition) is 5. The SMILES string of the molecule is Cc1cc2nc(-c3ccc4c(C5CCN(C)CC5)nn(C)c4c3)sc2c(-c2ccc(Cl)cc2)c1CC(=O)O. The van der Waals surface area contributed by atoms with Crippen LogP contribution in [0.25, 0.3) is 42.8 Å². The summed E-state index contributed by atoms with van der Waals surface area (Å²) in [6.07, 6.45) is 2.22. The summed E-state index contributed by atoms with van der Waals surface area (Å²) in [4.78, 5) is 19.2. The number of aliphatic carboxylic acids is 1. The number of benzene rings is 3. The summed E-state index contributed by atoms with van der Waals surface area (Å²) < 4.78 is 2.98. The van der Waals surface area contributed by atoms with Crippen LogP contribution in [0.4, 0.5) is 0 Å². The first kappa shape index (κ1) is 25.0. The average Bonchev–Trinajstić information content (AvgIpc) is 3.46. The van der Waals surface area contributed by atoms with Crippen molar-refractivity contribution >= 4 is 50.0 Å². The molecule has 3 aromatic carbocycles. The number of aryl methyl sites for hydroxylation is 2. The molecule has 38 heavy (non-hydrogen) atoms. The van der Waals surface area contributed by atoms with Crippen molar-refractivity contribution in [1.82, 2.24) is 19.7 Å². The summed E-state index contributed by atoms with van der Waals surface area (Å²) in [5, 5.41) is 17.4. The van der Waals surface area contributed by atoms with Gasteiger partial charge >= 0.3 is 5.97 Å². The second-order valence-corrected chi connectivity index (χ2v) is 11.7. The van der Waals surface area contributed by atoms with E-state index >= 15 is 0 Å². The largest absolute Gasteiger partial charge is 0.481 e. The Kier molecular flexibility index (Phi) is 6.46. The van der Waals surface area contributed by atoms with Gasteiger partial charge in [0.25, 0.3) is 0 Å². The summed E-state index contributed by atoms with van der Waals surface area (Å²) in [6, 6.07) is 16.1. The quantitative estimate of drug-likeness (QED) is 0.260. The van der Waals surface area contributed by atoms with Crippen LogP contribution in [0.2, 0.25) is 5.02 Å². The average molecular weight is 545 g/mol. The van der Waals surface area contributed by atoms with Gasteiger partial charge in [0.05, 0.1) is 27.8 Å². The molecule has 8 heteroatoms. The van der Waals surface area contributed by atoms with Crippen molar-refractivity contribution in [3.05, 3.63) is 70.4 Å². The molecule has 0 bridgehead atoms. The maximum Gasteiger partial charge on any atom is 0.307 e. The Morgan fingerprint density at radius 3 is 2.50 bits per heavy atom. The molecular weight excluding hydrogens is 516 g/mol.